The number of nitrogens with zero attached hydrogens (tertiary/aromatic N) is 1. The van der Waals surface area contributed by atoms with Crippen LogP contribution < -0.4 is 25.3 Å². The molecule has 3 N–H and O–H groups in total. The van der Waals surface area contributed by atoms with E-state index >= 15 is 0 Å². The average Bonchev–Trinajstić information content (AvgIpc) is 2.61. The van der Waals surface area contributed by atoms with E-state index in [9.17, 15) is 0 Å². The molecule has 2 aromatic carbocycles. The van der Waals surface area contributed by atoms with Crippen molar-refractivity contribution in [2.45, 2.75) is 13.0 Å². The minimum absolute atomic E-state index is 0. The molecule has 0 radical (unpaired) electrons. The molecule has 0 aromatic heterocycles. The van der Waals surface area contributed by atoms with Crippen LogP contribution in [-0.2, 0) is 0 Å². The second kappa shape index (κ2) is 10.7. The molecule has 25 heavy (non-hydrogen) atoms. The Kier molecular flexibility index (Phi) is 8.90. The normalized spacial score (nSPS) is 11.9. The Bertz CT molecular complexity index is 678. The van der Waals surface area contributed by atoms with Gasteiger partial charge in [-0.05, 0) is 43.3 Å². The zero-order chi connectivity index (χ0) is 17.4. The number of halogens is 1. The number of rotatable bonds is 7. The number of hydrogen-bond donors (Lipinski definition) is 2. The van der Waals surface area contributed by atoms with Crippen molar-refractivity contribution < 1.29 is 14.2 Å². The monoisotopic (exact) mass is 457 g/mol. The molecule has 0 aliphatic heterocycles. The zero-order valence-electron chi connectivity index (χ0n) is 14.6. The van der Waals surface area contributed by atoms with E-state index in [0.29, 0.717) is 18.3 Å². The number of nitrogens with one attached hydrogen (secondary N) is 1. The second-order valence-corrected chi connectivity index (χ2v) is 5.16. The summed E-state index contributed by atoms with van der Waals surface area (Å²) in [6.07, 6.45) is -0.114. The summed E-state index contributed by atoms with van der Waals surface area (Å²) < 4.78 is 16.2. The highest BCUT2D eigenvalue weighted by Gasteiger charge is 2.06. The Morgan fingerprint density at radius 2 is 1.68 bits per heavy atom. The molecule has 0 bridgehead atoms. The van der Waals surface area contributed by atoms with Crippen LogP contribution in [0.4, 0.5) is 5.69 Å². The minimum atomic E-state index is -0.114. The predicted molar refractivity (Wildman–Crippen MR) is 112 cm³/mol. The van der Waals surface area contributed by atoms with Crippen molar-refractivity contribution in [1.82, 2.24) is 0 Å². The summed E-state index contributed by atoms with van der Waals surface area (Å²) in [5, 5.41) is 3.03. The Morgan fingerprint density at radius 3 is 2.32 bits per heavy atom. The summed E-state index contributed by atoms with van der Waals surface area (Å²) in [4.78, 5) is 4.30. The third kappa shape index (κ3) is 6.69. The lowest BCUT2D eigenvalue weighted by Gasteiger charge is -2.14. The zero-order valence-corrected chi connectivity index (χ0v) is 16.9. The lowest BCUT2D eigenvalue weighted by Crippen LogP contribution is -2.25. The first kappa shape index (κ1) is 20.9. The van der Waals surface area contributed by atoms with Crippen LogP contribution in [0.15, 0.2) is 53.5 Å². The molecule has 0 aliphatic rings. The first-order chi connectivity index (χ1) is 11.6. The molecular formula is C18H24IN3O3. The summed E-state index contributed by atoms with van der Waals surface area (Å²) in [5.41, 5.74) is 6.69. The van der Waals surface area contributed by atoms with Crippen LogP contribution in [0.25, 0.3) is 0 Å². The van der Waals surface area contributed by atoms with Crippen molar-refractivity contribution in [1.29, 1.82) is 0 Å². The molecule has 6 nitrogen and oxygen atoms in total. The second-order valence-electron chi connectivity index (χ2n) is 5.16. The van der Waals surface area contributed by atoms with Gasteiger partial charge in [-0.15, -0.1) is 24.0 Å². The lowest BCUT2D eigenvalue weighted by molar-refractivity contribution is 0.230. The highest BCUT2D eigenvalue weighted by Crippen LogP contribution is 2.22. The predicted octanol–water partition coefficient (Wildman–Crippen LogP) is 3.52. The van der Waals surface area contributed by atoms with E-state index in [1.54, 1.807) is 14.2 Å². The standard InChI is InChI=1S/C18H23N3O3.HI/c1-13(24-15-10-8-14(22-2)9-11-15)12-20-18(19)21-16-6-4-5-7-17(16)23-3;/h4-11,13H,12H2,1-3H3,(H3,19,20,21);1H. The fourth-order valence-corrected chi connectivity index (χ4v) is 2.08. The van der Waals surface area contributed by atoms with Gasteiger partial charge in [0.1, 0.15) is 23.4 Å². The molecular weight excluding hydrogens is 433 g/mol. The quantitative estimate of drug-likeness (QED) is 0.378. The van der Waals surface area contributed by atoms with Crippen molar-refractivity contribution in [2.24, 2.45) is 10.7 Å². The molecule has 2 aromatic rings. The number of nitrogens with two attached hydrogens (primary N) is 1. The summed E-state index contributed by atoms with van der Waals surface area (Å²) in [6.45, 7) is 2.37. The highest BCUT2D eigenvalue weighted by atomic mass is 127. The molecule has 136 valence electrons. The van der Waals surface area contributed by atoms with Gasteiger partial charge >= 0.3 is 0 Å². The number of anilines is 1. The van der Waals surface area contributed by atoms with Gasteiger partial charge in [-0.1, -0.05) is 12.1 Å². The summed E-state index contributed by atoms with van der Waals surface area (Å²) in [5.74, 6) is 2.57. The third-order valence-corrected chi connectivity index (χ3v) is 3.29. The Morgan fingerprint density at radius 1 is 1.04 bits per heavy atom. The third-order valence-electron chi connectivity index (χ3n) is 3.29. The molecule has 2 rings (SSSR count). The molecule has 0 heterocycles. The van der Waals surface area contributed by atoms with Crippen molar-refractivity contribution in [3.05, 3.63) is 48.5 Å². The number of benzene rings is 2. The maximum absolute atomic E-state index is 5.92. The van der Waals surface area contributed by atoms with Gasteiger partial charge in [0.15, 0.2) is 5.96 Å². The van der Waals surface area contributed by atoms with Crippen LogP contribution in [0.2, 0.25) is 0 Å². The molecule has 0 saturated heterocycles. The average molecular weight is 457 g/mol. The number of methoxy groups -OCH3 is 2. The molecule has 0 amide bonds. The maximum atomic E-state index is 5.92. The molecule has 1 unspecified atom stereocenters. The van der Waals surface area contributed by atoms with E-state index < -0.39 is 0 Å². The Labute approximate surface area is 165 Å². The van der Waals surface area contributed by atoms with Crippen LogP contribution >= 0.6 is 24.0 Å². The van der Waals surface area contributed by atoms with Crippen molar-refractivity contribution in [3.63, 3.8) is 0 Å². The van der Waals surface area contributed by atoms with Gasteiger partial charge in [-0.25, -0.2) is 4.99 Å². The van der Waals surface area contributed by atoms with Crippen LogP contribution in [0.5, 0.6) is 17.2 Å². The number of para-hydroxylation sites is 2. The number of ether oxygens (including phenoxy) is 3. The van der Waals surface area contributed by atoms with E-state index in [0.717, 1.165) is 17.2 Å². The smallest absolute Gasteiger partial charge is 0.193 e. The lowest BCUT2D eigenvalue weighted by atomic mass is 10.3. The van der Waals surface area contributed by atoms with Crippen LogP contribution in [0, 0.1) is 0 Å². The minimum Gasteiger partial charge on any atom is -0.497 e. The van der Waals surface area contributed by atoms with Gasteiger partial charge in [0, 0.05) is 0 Å². The van der Waals surface area contributed by atoms with Gasteiger partial charge in [0.05, 0.1) is 26.5 Å². The van der Waals surface area contributed by atoms with Gasteiger partial charge < -0.3 is 25.3 Å². The molecule has 0 saturated carbocycles. The van der Waals surface area contributed by atoms with Crippen molar-refractivity contribution in [2.75, 3.05) is 26.1 Å². The van der Waals surface area contributed by atoms with Gasteiger partial charge in [0.2, 0.25) is 0 Å². The summed E-state index contributed by atoms with van der Waals surface area (Å²) in [6, 6.07) is 14.9. The van der Waals surface area contributed by atoms with E-state index in [1.807, 2.05) is 55.5 Å². The topological polar surface area (TPSA) is 78.1 Å². The molecule has 7 heteroatoms. The summed E-state index contributed by atoms with van der Waals surface area (Å²) in [7, 11) is 3.24. The van der Waals surface area contributed by atoms with Crippen LogP contribution in [-0.4, -0.2) is 32.8 Å². The molecule has 1 atom stereocenters. The van der Waals surface area contributed by atoms with Crippen molar-refractivity contribution in [3.8, 4) is 17.2 Å². The SMILES string of the molecule is COc1ccc(OC(C)CN=C(N)Nc2ccccc2OC)cc1.I. The van der Waals surface area contributed by atoms with E-state index in [2.05, 4.69) is 10.3 Å². The summed E-state index contributed by atoms with van der Waals surface area (Å²) >= 11 is 0. The van der Waals surface area contributed by atoms with Crippen LogP contribution in [0.3, 0.4) is 0 Å². The van der Waals surface area contributed by atoms with Gasteiger partial charge in [-0.3, -0.25) is 0 Å². The van der Waals surface area contributed by atoms with Crippen LogP contribution in [0.1, 0.15) is 6.92 Å². The Balaban J connectivity index is 0.00000312. The first-order valence-electron chi connectivity index (χ1n) is 7.63. The van der Waals surface area contributed by atoms with Gasteiger partial charge in [0.25, 0.3) is 0 Å². The van der Waals surface area contributed by atoms with E-state index in [-0.39, 0.29) is 30.1 Å². The largest absolute Gasteiger partial charge is 0.497 e. The van der Waals surface area contributed by atoms with E-state index in [1.165, 1.54) is 0 Å². The number of guanidine groups is 1. The highest BCUT2D eigenvalue weighted by molar-refractivity contribution is 14.0. The molecule has 0 spiro atoms. The van der Waals surface area contributed by atoms with Crippen molar-refractivity contribution >= 4 is 35.6 Å². The fraction of sp³-hybridized carbons (Fsp3) is 0.278. The first-order valence-corrected chi connectivity index (χ1v) is 7.63. The van der Waals surface area contributed by atoms with Gasteiger partial charge in [-0.2, -0.15) is 0 Å². The molecule has 0 fully saturated rings. The molecule has 0 aliphatic carbocycles. The van der Waals surface area contributed by atoms with E-state index in [4.69, 9.17) is 19.9 Å². The number of hydrogen-bond acceptors (Lipinski definition) is 4. The maximum Gasteiger partial charge on any atom is 0.193 e. The fourth-order valence-electron chi connectivity index (χ4n) is 2.08. The number of aliphatic imine (C=N–C) groups is 1. The Hall–Kier alpha value is -2.16.